The minimum Gasteiger partial charge on any atom is -0.459 e. The number of hydrazine groups is 1. The van der Waals surface area contributed by atoms with Crippen LogP contribution in [0.1, 0.15) is 147 Å². The zero-order valence-electron chi connectivity index (χ0n) is 43.4. The average Bonchev–Trinajstić information content (AvgIpc) is 3.27. The molecule has 0 bridgehead atoms. The van der Waals surface area contributed by atoms with Gasteiger partial charge in [0.25, 0.3) is 0 Å². The van der Waals surface area contributed by atoms with Gasteiger partial charge >= 0.3 is 18.0 Å². The first-order chi connectivity index (χ1) is 31.8. The van der Waals surface area contributed by atoms with E-state index in [1.54, 1.807) is 48.5 Å². The Morgan fingerprint density at radius 1 is 0.926 bits per heavy atom. The number of methoxy groups -OCH3 is 1. The monoisotopic (exact) mass is 973 g/mol. The van der Waals surface area contributed by atoms with Crippen LogP contribution in [0.2, 0.25) is 0 Å². The second kappa shape index (κ2) is 25.1. The number of nitrogens with two attached hydrogens (primary N) is 1. The van der Waals surface area contributed by atoms with Crippen LogP contribution in [0.3, 0.4) is 0 Å². The molecule has 1 aliphatic carbocycles. The summed E-state index contributed by atoms with van der Waals surface area (Å²) < 4.78 is 50.4. The van der Waals surface area contributed by atoms with Gasteiger partial charge in [0.1, 0.15) is 23.9 Å². The van der Waals surface area contributed by atoms with Crippen LogP contribution in [0, 0.1) is 29.6 Å². The number of aliphatic hydroxyl groups excluding tert-OH is 1. The van der Waals surface area contributed by atoms with E-state index in [0.29, 0.717) is 24.7 Å². The van der Waals surface area contributed by atoms with Crippen LogP contribution in [0.5, 0.6) is 0 Å². The number of rotatable bonds is 14. The summed E-state index contributed by atoms with van der Waals surface area (Å²) in [5.74, 6) is 1.39. The molecule has 18 atom stereocenters. The molecule has 3 saturated heterocycles. The molecule has 6 N–H and O–H groups in total. The van der Waals surface area contributed by atoms with Crippen LogP contribution in [0.15, 0.2) is 5.16 Å². The predicted molar refractivity (Wildman–Crippen MR) is 252 cm³/mol. The van der Waals surface area contributed by atoms with E-state index in [1.165, 1.54) is 53.1 Å². The lowest BCUT2D eigenvalue weighted by molar-refractivity contribution is -0.318. The van der Waals surface area contributed by atoms with Crippen molar-refractivity contribution in [2.45, 2.75) is 231 Å². The first-order valence-corrected chi connectivity index (χ1v) is 25.0. The normalized spacial score (nSPS) is 42.2. The van der Waals surface area contributed by atoms with Crippen LogP contribution in [-0.2, 0) is 52.3 Å². The SMILES string of the molecule is CC[C@@H]1OC(=O)[C@H](C)[C@@H](O[C@H]2C[C@@](C)(OC)[C@@H](OC(C)=O)[C@H](C)O2)[C@H](C)[C@@H](O[C@@H]2O[C@H](C)C[C@H](N(C)C)[C@H]2OC(=O)NN)C(C)(O)C[C@@H](C)/C(=N\OCCCC2CCCCC2)[C@@H](C)[C@@H](O)[C@]1(C)O. The third-order valence-electron chi connectivity index (χ3n) is 15.2. The zero-order chi connectivity index (χ0) is 50.9. The zero-order valence-corrected chi connectivity index (χ0v) is 43.4. The number of cyclic esters (lactones) is 1. The van der Waals surface area contributed by atoms with Gasteiger partial charge in [0.2, 0.25) is 0 Å². The number of ether oxygens (including phenoxy) is 8. The number of aliphatic hydroxyl groups is 3. The molecule has 4 fully saturated rings. The Bertz CT molecular complexity index is 1650. The lowest BCUT2D eigenvalue weighted by Crippen LogP contribution is -2.62. The van der Waals surface area contributed by atoms with E-state index in [-0.39, 0.29) is 19.3 Å². The molecule has 1 unspecified atom stereocenters. The van der Waals surface area contributed by atoms with Gasteiger partial charge in [0.15, 0.2) is 24.8 Å². The lowest BCUT2D eigenvalue weighted by atomic mass is 9.73. The van der Waals surface area contributed by atoms with Crippen molar-refractivity contribution >= 4 is 23.7 Å². The fourth-order valence-electron chi connectivity index (χ4n) is 11.3. The third-order valence-corrected chi connectivity index (χ3v) is 15.2. The molecule has 0 spiro atoms. The highest BCUT2D eigenvalue weighted by Gasteiger charge is 2.54. The summed E-state index contributed by atoms with van der Waals surface area (Å²) >= 11 is 0. The van der Waals surface area contributed by atoms with Crippen molar-refractivity contribution in [1.29, 1.82) is 0 Å². The van der Waals surface area contributed by atoms with E-state index in [4.69, 9.17) is 48.6 Å². The molecule has 0 aromatic heterocycles. The van der Waals surface area contributed by atoms with Crippen molar-refractivity contribution in [3.63, 3.8) is 0 Å². The van der Waals surface area contributed by atoms with Gasteiger partial charge in [0, 0.05) is 38.2 Å². The fraction of sp³-hybridized carbons (Fsp3) is 0.918. The summed E-state index contributed by atoms with van der Waals surface area (Å²) in [6.07, 6.45) is -2.73. The molecule has 394 valence electrons. The van der Waals surface area contributed by atoms with Gasteiger partial charge in [-0.3, -0.25) is 15.0 Å². The Morgan fingerprint density at radius 2 is 1.59 bits per heavy atom. The predicted octanol–water partition coefficient (Wildman–Crippen LogP) is 5.13. The quantitative estimate of drug-likeness (QED) is 0.0378. The maximum atomic E-state index is 14.6. The van der Waals surface area contributed by atoms with Gasteiger partial charge in [-0.1, -0.05) is 65.0 Å². The third kappa shape index (κ3) is 14.5. The summed E-state index contributed by atoms with van der Waals surface area (Å²) in [4.78, 5) is 47.6. The average molecular weight is 973 g/mol. The van der Waals surface area contributed by atoms with Gasteiger partial charge in [-0.25, -0.2) is 10.6 Å². The molecule has 1 amide bonds. The molecule has 19 nitrogen and oxygen atoms in total. The number of oxime groups is 1. The fourth-order valence-corrected chi connectivity index (χ4v) is 11.3. The van der Waals surface area contributed by atoms with E-state index in [0.717, 1.165) is 12.8 Å². The number of amides is 1. The van der Waals surface area contributed by atoms with Crippen LogP contribution >= 0.6 is 0 Å². The van der Waals surface area contributed by atoms with E-state index >= 15 is 0 Å². The Balaban J connectivity index is 1.87. The number of likely N-dealkylation sites (N-methyl/N-ethyl adjacent to an activating group) is 1. The summed E-state index contributed by atoms with van der Waals surface area (Å²) in [5.41, 5.74) is -2.48. The van der Waals surface area contributed by atoms with Gasteiger partial charge in [-0.15, -0.1) is 0 Å². The van der Waals surface area contributed by atoms with Crippen LogP contribution < -0.4 is 11.3 Å². The molecule has 19 heteroatoms. The van der Waals surface area contributed by atoms with Gasteiger partial charge in [-0.2, -0.15) is 0 Å². The van der Waals surface area contributed by atoms with Gasteiger partial charge in [-0.05, 0) is 93.7 Å². The smallest absolute Gasteiger partial charge is 0.421 e. The van der Waals surface area contributed by atoms with Gasteiger partial charge < -0.3 is 63.0 Å². The summed E-state index contributed by atoms with van der Waals surface area (Å²) in [6.45, 7) is 18.8. The second-order valence-electron chi connectivity index (χ2n) is 21.2. The lowest BCUT2D eigenvalue weighted by Gasteiger charge is -2.49. The van der Waals surface area contributed by atoms with E-state index < -0.39 is 126 Å². The first kappa shape index (κ1) is 57.9. The molecule has 3 aliphatic heterocycles. The number of nitrogens with zero attached hydrogens (tertiary/aromatic N) is 2. The molecule has 1 saturated carbocycles. The minimum absolute atomic E-state index is 0.0365. The molecule has 4 rings (SSSR count). The molecule has 0 radical (unpaired) electrons. The van der Waals surface area contributed by atoms with Crippen LogP contribution in [-0.4, -0.2) is 156 Å². The Hall–Kier alpha value is -2.72. The molecule has 4 aliphatic rings. The van der Waals surface area contributed by atoms with E-state index in [1.807, 2.05) is 38.3 Å². The highest BCUT2D eigenvalue weighted by molar-refractivity contribution is 5.88. The van der Waals surface area contributed by atoms with Crippen molar-refractivity contribution in [2.75, 3.05) is 27.8 Å². The maximum Gasteiger partial charge on any atom is 0.421 e. The molecule has 68 heavy (non-hydrogen) atoms. The number of hydrogen-bond acceptors (Lipinski definition) is 18. The standard InChI is InChI=1S/C49H88N4O15/c1-15-36-49(11,59)41(55)29(4)38(52-61-23-19-22-34-20-17-16-18-21-34)27(2)25-47(9,58)42(68-45-40(67-46(57)51-50)35(53(12)13)24-28(3)62-45)30(5)39(31(6)44(56)65-36)66-37-26-48(10,60-14)43(32(7)63-37)64-33(8)54/h27-32,34-37,39-43,45,55,58-59H,15-26,50H2,1-14H3,(H,51,57)/b52-38+/t27-,28-,29-,30+,31-,32+,35+,36+,37+,39+,40-,41-,42-,43+,45+,47?,48-,49-/m1/s1. The maximum absolute atomic E-state index is 14.6. The largest absolute Gasteiger partial charge is 0.459 e. The summed E-state index contributed by atoms with van der Waals surface area (Å²) in [6, 6.07) is -0.413. The summed E-state index contributed by atoms with van der Waals surface area (Å²) in [7, 11) is 5.19. The van der Waals surface area contributed by atoms with Crippen molar-refractivity contribution in [2.24, 2.45) is 40.6 Å². The van der Waals surface area contributed by atoms with Crippen LogP contribution in [0.4, 0.5) is 4.79 Å². The van der Waals surface area contributed by atoms with E-state index in [2.05, 4.69) is 5.16 Å². The molecule has 3 heterocycles. The minimum atomic E-state index is -1.97. The molecule has 0 aromatic carbocycles. The van der Waals surface area contributed by atoms with Crippen molar-refractivity contribution in [1.82, 2.24) is 10.3 Å². The van der Waals surface area contributed by atoms with Crippen LogP contribution in [0.25, 0.3) is 0 Å². The van der Waals surface area contributed by atoms with E-state index in [9.17, 15) is 29.7 Å². The second-order valence-corrected chi connectivity index (χ2v) is 21.2. The Morgan fingerprint density at radius 3 is 2.18 bits per heavy atom. The highest BCUT2D eigenvalue weighted by Crippen LogP contribution is 2.42. The molecular formula is C49H88N4O15. The number of hydrogen-bond donors (Lipinski definition) is 5. The Kier molecular flexibility index (Phi) is 21.3. The number of esters is 2. The molecule has 0 aromatic rings. The van der Waals surface area contributed by atoms with Crippen molar-refractivity contribution in [3.8, 4) is 0 Å². The topological polar surface area (TPSA) is 249 Å². The number of nitrogens with one attached hydrogen (secondary N) is 1. The molecular weight excluding hydrogens is 885 g/mol. The number of carbonyl (C=O) groups excluding carboxylic acids is 3. The summed E-state index contributed by atoms with van der Waals surface area (Å²) in [5, 5.41) is 42.1. The van der Waals surface area contributed by atoms with Crippen molar-refractivity contribution in [3.05, 3.63) is 0 Å². The first-order valence-electron chi connectivity index (χ1n) is 25.0. The number of carbonyl (C=O) groups is 3. The van der Waals surface area contributed by atoms with Gasteiger partial charge in [0.05, 0.1) is 53.8 Å². The highest BCUT2D eigenvalue weighted by atomic mass is 16.7. The Labute approximate surface area is 405 Å². The van der Waals surface area contributed by atoms with Crippen molar-refractivity contribution < 1.29 is 72.4 Å².